The maximum absolute atomic E-state index is 15.3. The third-order valence-electron chi connectivity index (χ3n) is 11.6. The van der Waals surface area contributed by atoms with Crippen LogP contribution in [0.25, 0.3) is 10.8 Å². The fourth-order valence-corrected chi connectivity index (χ4v) is 9.60. The molecule has 0 saturated heterocycles. The van der Waals surface area contributed by atoms with Crippen molar-refractivity contribution < 1.29 is 33.2 Å². The Kier molecular flexibility index (Phi) is 8.08. The monoisotopic (exact) mass is 692 g/mol. The molecule has 9 nitrogen and oxygen atoms in total. The molecule has 0 aliphatic heterocycles. The fourth-order valence-electron chi connectivity index (χ4n) is 8.15. The van der Waals surface area contributed by atoms with E-state index in [-0.39, 0.29) is 40.2 Å². The number of hydrogen-bond acceptors (Lipinski definition) is 9. The lowest BCUT2D eigenvalue weighted by molar-refractivity contribution is -0.0480. The molecule has 1 heterocycles. The standard InChI is InChI=1S/C40H44N2O7Si/c1-22-27-16-12-15-24(20-43)28(27)18-25-17-26-19-29-33(42(5)6)35-32(38(41-48-35)47-21-23-13-10-9-11-14-23)37(46)40(29,49-50(7,8)39(2,3)4)36(45)31(26)34(44)30(22)25/h9-16,18,20,26,29,33,45H,17,19,21H2,1-8H3/t26-,29-,33-,40-/m0/s1. The number of carbonyl (C=O) groups is 3. The Morgan fingerprint density at radius 2 is 1.78 bits per heavy atom. The number of carbonyl (C=O) groups excluding carboxylic acids is 3. The smallest absolute Gasteiger partial charge is 0.265 e. The van der Waals surface area contributed by atoms with Crippen molar-refractivity contribution in [2.75, 3.05) is 14.1 Å². The SMILES string of the molecule is Cc1c2c(cc3c(C=O)cccc13)C[C@H]1C[C@H]3[C@H](N(C)C)c4onc(OCc5ccccc5)c4C(=O)[C@@]3(O[Si](C)(C)C(C)(C)C)C(O)=C1C2=O. The number of aryl methyl sites for hydroxylation is 1. The van der Waals surface area contributed by atoms with Crippen LogP contribution in [0.15, 0.2) is 70.5 Å². The minimum atomic E-state index is -2.82. The number of nitrogens with zero attached hydrogens (tertiary/aromatic N) is 2. The highest BCUT2D eigenvalue weighted by Gasteiger charge is 2.67. The Labute approximate surface area is 293 Å². The van der Waals surface area contributed by atoms with E-state index < -0.39 is 37.6 Å². The molecule has 0 spiro atoms. The average Bonchev–Trinajstić information content (AvgIpc) is 3.48. The van der Waals surface area contributed by atoms with Crippen molar-refractivity contribution in [3.63, 3.8) is 0 Å². The first-order valence-electron chi connectivity index (χ1n) is 17.2. The zero-order valence-electron chi connectivity index (χ0n) is 29.9. The first-order chi connectivity index (χ1) is 23.6. The van der Waals surface area contributed by atoms with Crippen LogP contribution in [0.2, 0.25) is 18.1 Å². The molecule has 0 saturated carbocycles. The molecular formula is C40H44N2O7Si. The molecular weight excluding hydrogens is 649 g/mol. The molecule has 3 aliphatic rings. The number of fused-ring (bicyclic) bond motifs is 5. The zero-order valence-corrected chi connectivity index (χ0v) is 30.9. The van der Waals surface area contributed by atoms with Crippen LogP contribution in [0.1, 0.15) is 86.8 Å². The molecule has 0 radical (unpaired) electrons. The van der Waals surface area contributed by atoms with E-state index in [1.807, 2.05) is 74.4 Å². The molecule has 0 fully saturated rings. The van der Waals surface area contributed by atoms with Crippen molar-refractivity contribution in [2.45, 2.75) is 76.9 Å². The second-order valence-corrected chi connectivity index (χ2v) is 20.5. The number of aldehydes is 1. The summed E-state index contributed by atoms with van der Waals surface area (Å²) >= 11 is 0. The number of benzene rings is 3. The lowest BCUT2D eigenvalue weighted by Gasteiger charge is -2.55. The number of aliphatic hydroxyl groups is 1. The number of ketones is 2. The minimum absolute atomic E-state index is 0.0332. The highest BCUT2D eigenvalue weighted by atomic mass is 28.4. The molecule has 10 heteroatoms. The number of aromatic nitrogens is 1. The van der Waals surface area contributed by atoms with Crippen molar-refractivity contribution in [3.8, 4) is 5.88 Å². The van der Waals surface area contributed by atoms with Gasteiger partial charge >= 0.3 is 0 Å². The first kappa shape index (κ1) is 34.1. The summed E-state index contributed by atoms with van der Waals surface area (Å²) < 4.78 is 19.4. The van der Waals surface area contributed by atoms with Crippen LogP contribution in [0, 0.1) is 18.8 Å². The van der Waals surface area contributed by atoms with Gasteiger partial charge in [0.15, 0.2) is 31.7 Å². The number of allylic oxidation sites excluding steroid dienone is 1. The predicted octanol–water partition coefficient (Wildman–Crippen LogP) is 7.97. The van der Waals surface area contributed by atoms with Crippen LogP contribution in [-0.2, 0) is 17.5 Å². The molecule has 50 heavy (non-hydrogen) atoms. The van der Waals surface area contributed by atoms with Gasteiger partial charge < -0.3 is 18.8 Å². The van der Waals surface area contributed by atoms with E-state index in [4.69, 9.17) is 13.7 Å². The van der Waals surface area contributed by atoms with Gasteiger partial charge in [0.25, 0.3) is 5.88 Å². The second-order valence-electron chi connectivity index (χ2n) is 15.8. The number of rotatable bonds is 7. The average molecular weight is 693 g/mol. The van der Waals surface area contributed by atoms with Gasteiger partial charge in [-0.1, -0.05) is 69.3 Å². The molecule has 0 unspecified atom stereocenters. The number of Topliss-reactive ketones (excluding diaryl/α,β-unsaturated/α-hetero) is 2. The molecule has 7 rings (SSSR count). The second kappa shape index (κ2) is 11.9. The van der Waals surface area contributed by atoms with Gasteiger partial charge in [-0.2, -0.15) is 0 Å². The van der Waals surface area contributed by atoms with Gasteiger partial charge in [0.2, 0.25) is 5.78 Å². The van der Waals surface area contributed by atoms with Crippen LogP contribution < -0.4 is 4.74 Å². The summed E-state index contributed by atoms with van der Waals surface area (Å²) in [4.78, 5) is 44.1. The van der Waals surface area contributed by atoms with Crippen LogP contribution in [0.4, 0.5) is 0 Å². The van der Waals surface area contributed by atoms with Crippen molar-refractivity contribution in [1.29, 1.82) is 0 Å². The Bertz CT molecular complexity index is 2090. The van der Waals surface area contributed by atoms with E-state index in [1.165, 1.54) is 0 Å². The van der Waals surface area contributed by atoms with Gasteiger partial charge in [0.05, 0.1) is 6.04 Å². The van der Waals surface area contributed by atoms with Crippen molar-refractivity contribution in [3.05, 3.63) is 105 Å². The Morgan fingerprint density at radius 3 is 2.44 bits per heavy atom. The third-order valence-corrected chi connectivity index (χ3v) is 16.0. The molecule has 0 amide bonds. The molecule has 3 aliphatic carbocycles. The van der Waals surface area contributed by atoms with Crippen molar-refractivity contribution in [1.82, 2.24) is 10.1 Å². The number of aliphatic hydroxyl groups excluding tert-OH is 1. The summed E-state index contributed by atoms with van der Waals surface area (Å²) in [6.45, 7) is 12.4. The third kappa shape index (κ3) is 4.94. The Morgan fingerprint density at radius 1 is 1.06 bits per heavy atom. The highest BCUT2D eigenvalue weighted by molar-refractivity contribution is 6.74. The summed E-state index contributed by atoms with van der Waals surface area (Å²) in [6.07, 6.45) is 1.67. The topological polar surface area (TPSA) is 119 Å². The van der Waals surface area contributed by atoms with Crippen LogP contribution >= 0.6 is 0 Å². The van der Waals surface area contributed by atoms with Crippen LogP contribution in [0.5, 0.6) is 5.88 Å². The Hall–Kier alpha value is -4.38. The van der Waals surface area contributed by atoms with Crippen LogP contribution in [-0.4, -0.2) is 61.0 Å². The summed E-state index contributed by atoms with van der Waals surface area (Å²) in [6, 6.07) is 16.5. The lowest BCUT2D eigenvalue weighted by Crippen LogP contribution is -2.65. The van der Waals surface area contributed by atoms with Gasteiger partial charge in [-0.3, -0.25) is 19.3 Å². The van der Waals surface area contributed by atoms with E-state index in [2.05, 4.69) is 39.0 Å². The van der Waals surface area contributed by atoms with Gasteiger partial charge in [-0.15, -0.1) is 0 Å². The quantitative estimate of drug-likeness (QED) is 0.152. The minimum Gasteiger partial charge on any atom is -0.508 e. The zero-order chi connectivity index (χ0) is 35.9. The highest BCUT2D eigenvalue weighted by Crippen LogP contribution is 2.59. The maximum Gasteiger partial charge on any atom is 0.265 e. The number of ether oxygens (including phenoxy) is 1. The summed E-state index contributed by atoms with van der Waals surface area (Å²) in [5.41, 5.74) is 2.00. The van der Waals surface area contributed by atoms with E-state index >= 15 is 4.79 Å². The van der Waals surface area contributed by atoms with Gasteiger partial charge in [-0.25, -0.2) is 0 Å². The van der Waals surface area contributed by atoms with Gasteiger partial charge in [0, 0.05) is 22.6 Å². The number of hydrogen-bond donors (Lipinski definition) is 1. The molecule has 1 aromatic heterocycles. The molecule has 0 bridgehead atoms. The Balaban J connectivity index is 1.45. The molecule has 1 N–H and O–H groups in total. The summed E-state index contributed by atoms with van der Waals surface area (Å²) in [5.74, 6) is -1.76. The predicted molar refractivity (Wildman–Crippen MR) is 192 cm³/mol. The van der Waals surface area contributed by atoms with Gasteiger partial charge in [0.1, 0.15) is 17.9 Å². The first-order valence-corrected chi connectivity index (χ1v) is 20.1. The van der Waals surface area contributed by atoms with E-state index in [0.29, 0.717) is 29.7 Å². The van der Waals surface area contributed by atoms with Gasteiger partial charge in [-0.05, 0) is 96.6 Å². The van der Waals surface area contributed by atoms with Crippen molar-refractivity contribution in [2.24, 2.45) is 11.8 Å². The normalized spacial score (nSPS) is 23.4. The molecule has 260 valence electrons. The summed E-state index contributed by atoms with van der Waals surface area (Å²) in [7, 11) is 0.985. The molecule has 4 aromatic rings. The largest absolute Gasteiger partial charge is 0.508 e. The lowest BCUT2D eigenvalue weighted by atomic mass is 9.58. The van der Waals surface area contributed by atoms with E-state index in [1.54, 1.807) is 6.07 Å². The fraction of sp³-hybridized carbons (Fsp3) is 0.400. The van der Waals surface area contributed by atoms with Crippen LogP contribution in [0.3, 0.4) is 0 Å². The van der Waals surface area contributed by atoms with Crippen molar-refractivity contribution >= 4 is 36.9 Å². The molecule has 4 atom stereocenters. The molecule has 3 aromatic carbocycles. The van der Waals surface area contributed by atoms with E-state index in [9.17, 15) is 14.7 Å². The summed E-state index contributed by atoms with van der Waals surface area (Å²) in [5, 5.41) is 18.3. The maximum atomic E-state index is 15.3. The van der Waals surface area contributed by atoms with E-state index in [0.717, 1.165) is 33.7 Å².